The Morgan fingerprint density at radius 3 is 2.43 bits per heavy atom. The highest BCUT2D eigenvalue weighted by Gasteiger charge is 2.24. The fourth-order valence-corrected chi connectivity index (χ4v) is 1.95. The van der Waals surface area contributed by atoms with Gasteiger partial charge in [0.15, 0.2) is 11.5 Å². The number of benzene rings is 1. The molecule has 0 saturated heterocycles. The topological polar surface area (TPSA) is 99.9 Å². The third-order valence-electron chi connectivity index (χ3n) is 2.60. The van der Waals surface area contributed by atoms with Gasteiger partial charge in [-0.1, -0.05) is 0 Å². The average molecular weight is 389 g/mol. The van der Waals surface area contributed by atoms with Crippen LogP contribution in [0.3, 0.4) is 0 Å². The molecule has 3 N–H and O–H groups in total. The second-order valence-corrected chi connectivity index (χ2v) is 6.58. The Hall–Kier alpha value is -1.96. The number of anilines is 1. The number of carbonyl (C=O) groups excluding carboxylic acids is 2. The molecule has 7 nitrogen and oxygen atoms in total. The maximum absolute atomic E-state index is 12.1. The summed E-state index contributed by atoms with van der Waals surface area (Å²) >= 11 is 3.25. The summed E-state index contributed by atoms with van der Waals surface area (Å²) < 4.78 is 15.9. The molecule has 128 valence electrons. The second kappa shape index (κ2) is 7.54. The first-order valence-corrected chi connectivity index (χ1v) is 7.67. The van der Waals surface area contributed by atoms with Gasteiger partial charge in [0.25, 0.3) is 0 Å². The lowest BCUT2D eigenvalue weighted by molar-refractivity contribution is -0.136. The number of rotatable bonds is 4. The molecular weight excluding hydrogens is 368 g/mol. The molecule has 0 saturated carbocycles. The smallest absolute Gasteiger partial charge is 0.408 e. The fraction of sp³-hybridized carbons (Fsp3) is 0.467. The van der Waals surface area contributed by atoms with Gasteiger partial charge in [0.1, 0.15) is 11.6 Å². The minimum Gasteiger partial charge on any atom is -0.493 e. The molecule has 0 spiro atoms. The highest BCUT2D eigenvalue weighted by atomic mass is 79.9. The number of carbonyl (C=O) groups is 2. The van der Waals surface area contributed by atoms with Crippen LogP contribution in [0.4, 0.5) is 10.5 Å². The summed E-state index contributed by atoms with van der Waals surface area (Å²) in [5.74, 6) is -0.195. The van der Waals surface area contributed by atoms with Gasteiger partial charge in [-0.05, 0) is 55.8 Å². The van der Waals surface area contributed by atoms with Crippen molar-refractivity contribution in [2.24, 2.45) is 0 Å². The number of ether oxygens (including phenoxy) is 3. The SMILES string of the molecule is COc1ccc(N)c(Br)c1OC(=O)[C@H](C)NC(=O)OC(C)(C)C. The molecule has 0 heterocycles. The van der Waals surface area contributed by atoms with Crippen LogP contribution in [-0.2, 0) is 9.53 Å². The molecule has 0 radical (unpaired) electrons. The maximum atomic E-state index is 12.1. The molecule has 1 atom stereocenters. The number of esters is 1. The van der Waals surface area contributed by atoms with E-state index in [0.29, 0.717) is 15.9 Å². The molecule has 1 rings (SSSR count). The molecule has 0 aromatic heterocycles. The first kappa shape index (κ1) is 19.1. The quantitative estimate of drug-likeness (QED) is 0.467. The van der Waals surface area contributed by atoms with Gasteiger partial charge >= 0.3 is 12.1 Å². The summed E-state index contributed by atoms with van der Waals surface area (Å²) in [6.07, 6.45) is -0.708. The number of amides is 1. The third-order valence-corrected chi connectivity index (χ3v) is 3.42. The van der Waals surface area contributed by atoms with Crippen LogP contribution >= 0.6 is 15.9 Å². The van der Waals surface area contributed by atoms with Crippen molar-refractivity contribution in [3.05, 3.63) is 16.6 Å². The maximum Gasteiger partial charge on any atom is 0.408 e. The van der Waals surface area contributed by atoms with Gasteiger partial charge in [-0.25, -0.2) is 9.59 Å². The number of halogens is 1. The van der Waals surface area contributed by atoms with Gasteiger partial charge in [-0.15, -0.1) is 0 Å². The van der Waals surface area contributed by atoms with Crippen LogP contribution in [-0.4, -0.2) is 30.8 Å². The minimum absolute atomic E-state index is 0.148. The molecule has 23 heavy (non-hydrogen) atoms. The van der Waals surface area contributed by atoms with Crippen LogP contribution in [0.5, 0.6) is 11.5 Å². The summed E-state index contributed by atoms with van der Waals surface area (Å²) in [4.78, 5) is 23.8. The van der Waals surface area contributed by atoms with E-state index in [0.717, 1.165) is 0 Å². The summed E-state index contributed by atoms with van der Waals surface area (Å²) in [5.41, 5.74) is 5.49. The molecule has 1 aromatic rings. The number of nitrogens with two attached hydrogens (primary N) is 1. The van der Waals surface area contributed by atoms with Crippen LogP contribution in [0.1, 0.15) is 27.7 Å². The van der Waals surface area contributed by atoms with Crippen molar-refractivity contribution in [3.63, 3.8) is 0 Å². The number of hydrogen-bond acceptors (Lipinski definition) is 6. The van der Waals surface area contributed by atoms with Crippen LogP contribution in [0.25, 0.3) is 0 Å². The van der Waals surface area contributed by atoms with Crippen LogP contribution in [0, 0.1) is 0 Å². The van der Waals surface area contributed by atoms with Gasteiger partial charge in [0, 0.05) is 5.69 Å². The van der Waals surface area contributed by atoms with E-state index in [2.05, 4.69) is 21.2 Å². The van der Waals surface area contributed by atoms with Crippen molar-refractivity contribution in [1.82, 2.24) is 5.32 Å². The zero-order chi connectivity index (χ0) is 17.8. The van der Waals surface area contributed by atoms with Gasteiger partial charge < -0.3 is 25.3 Å². The Bertz CT molecular complexity index is 598. The van der Waals surface area contributed by atoms with Crippen molar-refractivity contribution in [2.45, 2.75) is 39.3 Å². The highest BCUT2D eigenvalue weighted by molar-refractivity contribution is 9.10. The molecule has 0 unspecified atom stereocenters. The van der Waals surface area contributed by atoms with E-state index in [1.807, 2.05) is 0 Å². The van der Waals surface area contributed by atoms with E-state index >= 15 is 0 Å². The Balaban J connectivity index is 2.80. The Kier molecular flexibility index (Phi) is 6.26. The molecule has 1 aromatic carbocycles. The first-order valence-electron chi connectivity index (χ1n) is 6.88. The standard InChI is InChI=1S/C15H21BrN2O5/c1-8(18-14(20)23-15(2,3)4)13(19)22-12-10(21-5)7-6-9(17)11(12)16/h6-8H,17H2,1-5H3,(H,18,20)/t8-/m0/s1. The van der Waals surface area contributed by atoms with Crippen molar-refractivity contribution in [2.75, 3.05) is 12.8 Å². The summed E-state index contributed by atoms with van der Waals surface area (Å²) in [6.45, 7) is 6.66. The summed E-state index contributed by atoms with van der Waals surface area (Å²) in [7, 11) is 1.44. The van der Waals surface area contributed by atoms with E-state index in [1.165, 1.54) is 14.0 Å². The van der Waals surface area contributed by atoms with E-state index < -0.39 is 23.7 Å². The van der Waals surface area contributed by atoms with Crippen molar-refractivity contribution >= 4 is 33.7 Å². The minimum atomic E-state index is -0.914. The van der Waals surface area contributed by atoms with Crippen molar-refractivity contribution < 1.29 is 23.8 Å². The third kappa shape index (κ3) is 5.63. The normalized spacial score (nSPS) is 12.3. The summed E-state index contributed by atoms with van der Waals surface area (Å²) in [6, 6.07) is 2.28. The van der Waals surface area contributed by atoms with Crippen LogP contribution in [0.2, 0.25) is 0 Å². The average Bonchev–Trinajstić information content (AvgIpc) is 2.41. The molecule has 1 amide bonds. The molecule has 0 aliphatic heterocycles. The Morgan fingerprint density at radius 1 is 1.30 bits per heavy atom. The largest absolute Gasteiger partial charge is 0.493 e. The molecule has 0 bridgehead atoms. The van der Waals surface area contributed by atoms with Gasteiger partial charge in [0.05, 0.1) is 11.6 Å². The molecule has 0 fully saturated rings. The van der Waals surface area contributed by atoms with Gasteiger partial charge in [-0.3, -0.25) is 0 Å². The lowest BCUT2D eigenvalue weighted by atomic mass is 10.2. The monoisotopic (exact) mass is 388 g/mol. The van der Waals surface area contributed by atoms with E-state index in [4.69, 9.17) is 19.9 Å². The second-order valence-electron chi connectivity index (χ2n) is 5.79. The van der Waals surface area contributed by atoms with Crippen LogP contribution in [0.15, 0.2) is 16.6 Å². The molecular formula is C15H21BrN2O5. The lowest BCUT2D eigenvalue weighted by Gasteiger charge is -2.21. The zero-order valence-electron chi connectivity index (χ0n) is 13.7. The zero-order valence-corrected chi connectivity index (χ0v) is 15.3. The predicted molar refractivity (Wildman–Crippen MR) is 89.6 cm³/mol. The van der Waals surface area contributed by atoms with E-state index in [9.17, 15) is 9.59 Å². The number of methoxy groups -OCH3 is 1. The van der Waals surface area contributed by atoms with Gasteiger partial charge in [0.2, 0.25) is 0 Å². The lowest BCUT2D eigenvalue weighted by Crippen LogP contribution is -2.43. The number of alkyl carbamates (subject to hydrolysis) is 1. The fourth-order valence-electron chi connectivity index (χ4n) is 1.54. The Labute approximate surface area is 143 Å². The highest BCUT2D eigenvalue weighted by Crippen LogP contribution is 2.39. The number of hydrogen-bond donors (Lipinski definition) is 2. The molecule has 8 heteroatoms. The molecule has 0 aliphatic rings. The van der Waals surface area contributed by atoms with E-state index in [1.54, 1.807) is 32.9 Å². The predicted octanol–water partition coefficient (Wildman–Crippen LogP) is 2.86. The molecule has 0 aliphatic carbocycles. The van der Waals surface area contributed by atoms with Crippen LogP contribution < -0.4 is 20.5 Å². The number of nitrogen functional groups attached to an aromatic ring is 1. The van der Waals surface area contributed by atoms with E-state index in [-0.39, 0.29) is 5.75 Å². The van der Waals surface area contributed by atoms with Crippen molar-refractivity contribution in [1.29, 1.82) is 0 Å². The Morgan fingerprint density at radius 2 is 1.91 bits per heavy atom. The van der Waals surface area contributed by atoms with Crippen molar-refractivity contribution in [3.8, 4) is 11.5 Å². The number of nitrogens with one attached hydrogen (secondary N) is 1. The van der Waals surface area contributed by atoms with Gasteiger partial charge in [-0.2, -0.15) is 0 Å². The summed E-state index contributed by atoms with van der Waals surface area (Å²) in [5, 5.41) is 2.40. The first-order chi connectivity index (χ1) is 10.5.